The molecule has 1 aliphatic heterocycles. The number of carbonyl (C=O) groups is 1. The van der Waals surface area contributed by atoms with E-state index in [1.165, 1.54) is 12.1 Å². The molecule has 6 nitrogen and oxygen atoms in total. The van der Waals surface area contributed by atoms with Crippen LogP contribution >= 0.6 is 0 Å². The van der Waals surface area contributed by atoms with Gasteiger partial charge in [-0.05, 0) is 17.7 Å². The summed E-state index contributed by atoms with van der Waals surface area (Å²) < 4.78 is 40.4. The fourth-order valence-corrected chi connectivity index (χ4v) is 2.85. The molecule has 2 heterocycles. The van der Waals surface area contributed by atoms with Gasteiger partial charge in [0.05, 0.1) is 0 Å². The lowest BCUT2D eigenvalue weighted by Gasteiger charge is -2.27. The number of carbonyl (C=O) groups excluding carboxylic acids is 1. The van der Waals surface area contributed by atoms with Crippen LogP contribution < -0.4 is 10.1 Å². The zero-order chi connectivity index (χ0) is 18.0. The Morgan fingerprint density at radius 2 is 2.08 bits per heavy atom. The van der Waals surface area contributed by atoms with Crippen molar-refractivity contribution in [1.82, 2.24) is 20.4 Å². The normalized spacial score (nSPS) is 14.9. The molecular weight excluding hydrogens is 337 g/mol. The van der Waals surface area contributed by atoms with E-state index in [9.17, 15) is 18.0 Å². The lowest BCUT2D eigenvalue weighted by atomic mass is 10.0. The molecule has 1 aromatic carbocycles. The number of H-pyrrole nitrogens is 1. The van der Waals surface area contributed by atoms with Gasteiger partial charge in [-0.1, -0.05) is 12.1 Å². The Balaban J connectivity index is 1.67. The van der Waals surface area contributed by atoms with E-state index in [1.807, 2.05) is 0 Å². The maximum absolute atomic E-state index is 12.2. The highest BCUT2D eigenvalue weighted by Gasteiger charge is 2.31. The van der Waals surface area contributed by atoms with E-state index in [1.54, 1.807) is 19.2 Å². The summed E-state index contributed by atoms with van der Waals surface area (Å²) in [7, 11) is 1.55. The summed E-state index contributed by atoms with van der Waals surface area (Å²) >= 11 is 0. The zero-order valence-electron chi connectivity index (χ0n) is 13.5. The number of halogens is 3. The predicted octanol–water partition coefficient (Wildman–Crippen LogP) is 2.23. The molecule has 0 radical (unpaired) electrons. The standard InChI is InChI=1S/C16H17F3N4O2/c1-20-15(24)14-12-9-23(7-6-13(12)21-22-14)8-10-2-4-11(5-3-10)25-16(17,18)19/h2-5H,6-9H2,1H3,(H,20,24)(H,21,22). The fourth-order valence-electron chi connectivity index (χ4n) is 2.85. The highest BCUT2D eigenvalue weighted by Crippen LogP contribution is 2.25. The Hall–Kier alpha value is -2.55. The van der Waals surface area contributed by atoms with E-state index in [0.717, 1.165) is 29.8 Å². The SMILES string of the molecule is CNC(=O)c1n[nH]c2c1CN(Cc1ccc(OC(F)(F)F)cc1)CC2. The molecule has 0 aliphatic carbocycles. The molecule has 1 aromatic heterocycles. The molecule has 0 saturated heterocycles. The number of nitrogens with zero attached hydrogens (tertiary/aromatic N) is 2. The van der Waals surface area contributed by atoms with Crippen molar-refractivity contribution >= 4 is 5.91 Å². The third-order valence-electron chi connectivity index (χ3n) is 4.02. The summed E-state index contributed by atoms with van der Waals surface area (Å²) in [5.41, 5.74) is 3.06. The molecule has 1 aliphatic rings. The van der Waals surface area contributed by atoms with Gasteiger partial charge in [-0.2, -0.15) is 5.10 Å². The summed E-state index contributed by atoms with van der Waals surface area (Å²) in [6.45, 7) is 1.88. The second kappa shape index (κ2) is 6.75. The molecule has 0 fully saturated rings. The molecule has 0 unspecified atom stereocenters. The minimum Gasteiger partial charge on any atom is -0.406 e. The van der Waals surface area contributed by atoms with Crippen LogP contribution in [0.5, 0.6) is 5.75 Å². The molecule has 3 rings (SSSR count). The Morgan fingerprint density at radius 3 is 2.72 bits per heavy atom. The number of hydrogen-bond acceptors (Lipinski definition) is 4. The molecule has 25 heavy (non-hydrogen) atoms. The zero-order valence-corrected chi connectivity index (χ0v) is 13.5. The van der Waals surface area contributed by atoms with Crippen molar-refractivity contribution in [3.8, 4) is 5.75 Å². The monoisotopic (exact) mass is 354 g/mol. The van der Waals surface area contributed by atoms with E-state index in [-0.39, 0.29) is 11.7 Å². The molecule has 134 valence electrons. The summed E-state index contributed by atoms with van der Waals surface area (Å²) in [6, 6.07) is 5.80. The molecule has 1 amide bonds. The Morgan fingerprint density at radius 1 is 1.36 bits per heavy atom. The number of benzene rings is 1. The Bertz CT molecular complexity index is 756. The first-order valence-electron chi connectivity index (χ1n) is 7.71. The van der Waals surface area contributed by atoms with E-state index in [2.05, 4.69) is 25.2 Å². The van der Waals surface area contributed by atoms with Crippen LogP contribution in [0.25, 0.3) is 0 Å². The maximum atomic E-state index is 12.2. The number of ether oxygens (including phenoxy) is 1. The summed E-state index contributed by atoms with van der Waals surface area (Å²) in [5.74, 6) is -0.484. The van der Waals surface area contributed by atoms with Crippen molar-refractivity contribution in [2.45, 2.75) is 25.9 Å². The number of rotatable bonds is 4. The number of amides is 1. The minimum absolute atomic E-state index is 0.242. The van der Waals surface area contributed by atoms with Gasteiger partial charge in [0, 0.05) is 44.4 Å². The van der Waals surface area contributed by atoms with Gasteiger partial charge in [0.2, 0.25) is 0 Å². The van der Waals surface area contributed by atoms with Crippen LogP contribution in [0.4, 0.5) is 13.2 Å². The van der Waals surface area contributed by atoms with Gasteiger partial charge in [0.25, 0.3) is 5.91 Å². The van der Waals surface area contributed by atoms with Gasteiger partial charge >= 0.3 is 6.36 Å². The van der Waals surface area contributed by atoms with Crippen LogP contribution in [0.15, 0.2) is 24.3 Å². The van der Waals surface area contributed by atoms with Crippen molar-refractivity contribution in [2.24, 2.45) is 0 Å². The lowest BCUT2D eigenvalue weighted by molar-refractivity contribution is -0.274. The maximum Gasteiger partial charge on any atom is 0.573 e. The largest absolute Gasteiger partial charge is 0.573 e. The number of hydrogen-bond donors (Lipinski definition) is 2. The van der Waals surface area contributed by atoms with Crippen LogP contribution in [-0.4, -0.2) is 41.0 Å². The molecule has 0 atom stereocenters. The van der Waals surface area contributed by atoms with E-state index < -0.39 is 6.36 Å². The van der Waals surface area contributed by atoms with Crippen molar-refractivity contribution in [1.29, 1.82) is 0 Å². The van der Waals surface area contributed by atoms with Crippen molar-refractivity contribution < 1.29 is 22.7 Å². The number of aromatic nitrogens is 2. The molecule has 0 bridgehead atoms. The van der Waals surface area contributed by atoms with Crippen LogP contribution in [0.1, 0.15) is 27.3 Å². The van der Waals surface area contributed by atoms with Crippen LogP contribution in [0.2, 0.25) is 0 Å². The van der Waals surface area contributed by atoms with Crippen LogP contribution in [-0.2, 0) is 19.5 Å². The number of fused-ring (bicyclic) bond motifs is 1. The third kappa shape index (κ3) is 4.11. The number of aromatic amines is 1. The lowest BCUT2D eigenvalue weighted by Crippen LogP contribution is -2.31. The molecule has 2 aromatic rings. The smallest absolute Gasteiger partial charge is 0.406 e. The quantitative estimate of drug-likeness (QED) is 0.883. The number of alkyl halides is 3. The minimum atomic E-state index is -4.69. The first kappa shape index (κ1) is 17.3. The highest BCUT2D eigenvalue weighted by molar-refractivity contribution is 5.93. The van der Waals surface area contributed by atoms with Gasteiger partial charge in [0.1, 0.15) is 5.75 Å². The van der Waals surface area contributed by atoms with Gasteiger partial charge in [-0.3, -0.25) is 14.8 Å². The first-order valence-corrected chi connectivity index (χ1v) is 7.71. The Labute approximate surface area is 142 Å². The fraction of sp³-hybridized carbons (Fsp3) is 0.375. The van der Waals surface area contributed by atoms with Crippen molar-refractivity contribution in [2.75, 3.05) is 13.6 Å². The van der Waals surface area contributed by atoms with E-state index in [0.29, 0.717) is 18.8 Å². The third-order valence-corrected chi connectivity index (χ3v) is 4.02. The number of nitrogens with one attached hydrogen (secondary N) is 2. The second-order valence-electron chi connectivity index (χ2n) is 5.76. The Kier molecular flexibility index (Phi) is 4.67. The highest BCUT2D eigenvalue weighted by atomic mass is 19.4. The summed E-state index contributed by atoms with van der Waals surface area (Å²) in [4.78, 5) is 14.0. The summed E-state index contributed by atoms with van der Waals surface area (Å²) in [5, 5.41) is 9.52. The first-order chi connectivity index (χ1) is 11.9. The average molecular weight is 354 g/mol. The topological polar surface area (TPSA) is 70.2 Å². The van der Waals surface area contributed by atoms with Gasteiger partial charge in [-0.25, -0.2) is 0 Å². The molecule has 9 heteroatoms. The predicted molar refractivity (Wildman–Crippen MR) is 82.9 cm³/mol. The van der Waals surface area contributed by atoms with Gasteiger partial charge in [0.15, 0.2) is 5.69 Å². The van der Waals surface area contributed by atoms with Crippen molar-refractivity contribution in [3.63, 3.8) is 0 Å². The summed E-state index contributed by atoms with van der Waals surface area (Å²) in [6.07, 6.45) is -3.96. The second-order valence-corrected chi connectivity index (χ2v) is 5.76. The van der Waals surface area contributed by atoms with E-state index in [4.69, 9.17) is 0 Å². The van der Waals surface area contributed by atoms with Crippen LogP contribution in [0.3, 0.4) is 0 Å². The van der Waals surface area contributed by atoms with Gasteiger partial charge in [-0.15, -0.1) is 13.2 Å². The van der Waals surface area contributed by atoms with E-state index >= 15 is 0 Å². The van der Waals surface area contributed by atoms with Crippen molar-refractivity contribution in [3.05, 3.63) is 46.8 Å². The molecular formula is C16H17F3N4O2. The molecule has 0 saturated carbocycles. The van der Waals surface area contributed by atoms with Gasteiger partial charge < -0.3 is 10.1 Å². The molecule has 2 N–H and O–H groups in total. The van der Waals surface area contributed by atoms with Crippen LogP contribution in [0, 0.1) is 0 Å². The molecule has 0 spiro atoms. The average Bonchev–Trinajstić information content (AvgIpc) is 2.98.